The lowest BCUT2D eigenvalue weighted by Gasteiger charge is -2.38. The summed E-state index contributed by atoms with van der Waals surface area (Å²) in [6.07, 6.45) is 4.28. The molecule has 6 rings (SSSR count). The van der Waals surface area contributed by atoms with Gasteiger partial charge >= 0.3 is 0 Å². The van der Waals surface area contributed by atoms with Crippen molar-refractivity contribution in [3.63, 3.8) is 0 Å². The summed E-state index contributed by atoms with van der Waals surface area (Å²) in [5.41, 5.74) is 6.65. The second kappa shape index (κ2) is 7.03. The molecule has 3 aromatic rings. The van der Waals surface area contributed by atoms with Gasteiger partial charge in [0.1, 0.15) is 18.4 Å². The third-order valence-corrected chi connectivity index (χ3v) is 7.07. The molecule has 9 nitrogen and oxygen atoms in total. The summed E-state index contributed by atoms with van der Waals surface area (Å²) in [6, 6.07) is 13.8. The lowest BCUT2D eigenvalue weighted by molar-refractivity contribution is -0.140. The van der Waals surface area contributed by atoms with E-state index in [4.69, 9.17) is 10.5 Å². The first-order chi connectivity index (χ1) is 15.6. The molecule has 5 heterocycles. The molecule has 1 spiro atoms. The van der Waals surface area contributed by atoms with Gasteiger partial charge in [0.2, 0.25) is 0 Å². The average molecular weight is 432 g/mol. The molecular formula is C23H24N6O3. The number of hydrogen-bond donors (Lipinski definition) is 1. The third kappa shape index (κ3) is 2.74. The molecule has 3 saturated heterocycles. The maximum atomic E-state index is 13.6. The van der Waals surface area contributed by atoms with Crippen LogP contribution in [0.15, 0.2) is 48.8 Å². The summed E-state index contributed by atoms with van der Waals surface area (Å²) in [5, 5.41) is 4.28. The molecule has 3 fully saturated rings. The number of fused-ring (bicyclic) bond motifs is 2. The molecule has 1 aromatic carbocycles. The van der Waals surface area contributed by atoms with Gasteiger partial charge in [-0.05, 0) is 30.5 Å². The second-order valence-electron chi connectivity index (χ2n) is 8.74. The molecule has 2 aromatic heterocycles. The number of anilines is 1. The summed E-state index contributed by atoms with van der Waals surface area (Å²) in [5.74, 6) is 0.402. The van der Waals surface area contributed by atoms with Gasteiger partial charge in [0.25, 0.3) is 11.8 Å². The van der Waals surface area contributed by atoms with Crippen LogP contribution in [0.1, 0.15) is 47.6 Å². The first-order valence-corrected chi connectivity index (χ1v) is 11.0. The van der Waals surface area contributed by atoms with Crippen molar-refractivity contribution in [2.75, 3.05) is 18.0 Å². The predicted octanol–water partition coefficient (Wildman–Crippen LogP) is 1.89. The summed E-state index contributed by atoms with van der Waals surface area (Å²) >= 11 is 0. The van der Waals surface area contributed by atoms with Crippen molar-refractivity contribution in [1.29, 1.82) is 0 Å². The minimum atomic E-state index is -0.761. The van der Waals surface area contributed by atoms with Crippen LogP contribution >= 0.6 is 0 Å². The second-order valence-corrected chi connectivity index (χ2v) is 8.74. The van der Waals surface area contributed by atoms with Crippen LogP contribution in [0.4, 0.5) is 5.82 Å². The van der Waals surface area contributed by atoms with Crippen molar-refractivity contribution in [2.24, 2.45) is 5.73 Å². The topological polar surface area (TPSA) is 106 Å². The van der Waals surface area contributed by atoms with Crippen molar-refractivity contribution in [1.82, 2.24) is 19.5 Å². The molecule has 3 aliphatic heterocycles. The number of piperidine rings is 1. The van der Waals surface area contributed by atoms with Crippen LogP contribution in [0.2, 0.25) is 0 Å². The molecule has 164 valence electrons. The zero-order valence-corrected chi connectivity index (χ0v) is 17.6. The van der Waals surface area contributed by atoms with Gasteiger partial charge in [0.05, 0.1) is 11.6 Å². The van der Waals surface area contributed by atoms with Gasteiger partial charge in [0, 0.05) is 25.9 Å². The van der Waals surface area contributed by atoms with E-state index >= 15 is 0 Å². The highest BCUT2D eigenvalue weighted by Gasteiger charge is 2.58. The summed E-state index contributed by atoms with van der Waals surface area (Å²) in [4.78, 5) is 33.6. The Morgan fingerprint density at radius 2 is 1.88 bits per heavy atom. The SMILES string of the molecule is NC(=O)c1ccc(N2CCC3(CC2)O[C@@H]2CC[C@@H](c4ccccc4)N2C3=O)n2ncnc12. The van der Waals surface area contributed by atoms with Gasteiger partial charge in [0.15, 0.2) is 11.2 Å². The fourth-order valence-electron chi connectivity index (χ4n) is 5.47. The van der Waals surface area contributed by atoms with Gasteiger partial charge in [-0.1, -0.05) is 30.3 Å². The van der Waals surface area contributed by atoms with Gasteiger partial charge in [-0.15, -0.1) is 0 Å². The van der Waals surface area contributed by atoms with Crippen LogP contribution in [0.3, 0.4) is 0 Å². The summed E-state index contributed by atoms with van der Waals surface area (Å²) < 4.78 is 8.08. The van der Waals surface area contributed by atoms with Gasteiger partial charge in [-0.2, -0.15) is 9.61 Å². The van der Waals surface area contributed by atoms with Crippen LogP contribution in [0.25, 0.3) is 5.65 Å². The molecule has 0 aliphatic carbocycles. The molecule has 3 aliphatic rings. The van der Waals surface area contributed by atoms with Crippen molar-refractivity contribution in [3.05, 3.63) is 59.9 Å². The highest BCUT2D eigenvalue weighted by atomic mass is 16.6. The zero-order valence-electron chi connectivity index (χ0n) is 17.6. The highest BCUT2D eigenvalue weighted by molar-refractivity contribution is 5.99. The van der Waals surface area contributed by atoms with E-state index in [1.165, 1.54) is 11.9 Å². The van der Waals surface area contributed by atoms with Crippen LogP contribution in [0, 0.1) is 0 Å². The number of aromatic nitrogens is 3. The molecule has 9 heteroatoms. The van der Waals surface area contributed by atoms with E-state index in [0.717, 1.165) is 18.7 Å². The number of carbonyl (C=O) groups is 2. The summed E-state index contributed by atoms with van der Waals surface area (Å²) in [6.45, 7) is 1.29. The monoisotopic (exact) mass is 432 g/mol. The Morgan fingerprint density at radius 1 is 1.09 bits per heavy atom. The Labute approximate surface area is 184 Å². The number of benzene rings is 1. The minimum absolute atomic E-state index is 0.0854. The van der Waals surface area contributed by atoms with E-state index in [0.29, 0.717) is 37.1 Å². The highest BCUT2D eigenvalue weighted by Crippen LogP contribution is 2.47. The third-order valence-electron chi connectivity index (χ3n) is 7.07. The number of primary amides is 1. The van der Waals surface area contributed by atoms with Crippen LogP contribution in [0.5, 0.6) is 0 Å². The normalized spacial score (nSPS) is 24.4. The number of hydrogen-bond acceptors (Lipinski definition) is 6. The van der Waals surface area contributed by atoms with Crippen molar-refractivity contribution in [2.45, 2.75) is 43.6 Å². The van der Waals surface area contributed by atoms with Crippen LogP contribution < -0.4 is 10.6 Å². The van der Waals surface area contributed by atoms with E-state index < -0.39 is 11.5 Å². The Morgan fingerprint density at radius 3 is 2.62 bits per heavy atom. The van der Waals surface area contributed by atoms with Gasteiger partial charge in [-0.3, -0.25) is 9.59 Å². The van der Waals surface area contributed by atoms with E-state index in [9.17, 15) is 9.59 Å². The first-order valence-electron chi connectivity index (χ1n) is 11.0. The molecule has 0 unspecified atom stereocenters. The van der Waals surface area contributed by atoms with Crippen molar-refractivity contribution >= 4 is 23.3 Å². The van der Waals surface area contributed by atoms with E-state index in [1.54, 1.807) is 10.6 Å². The van der Waals surface area contributed by atoms with Gasteiger partial charge in [-0.25, -0.2) is 4.98 Å². The Bertz CT molecular complexity index is 1200. The van der Waals surface area contributed by atoms with Crippen LogP contribution in [-0.2, 0) is 9.53 Å². The number of pyridine rings is 1. The van der Waals surface area contributed by atoms with Crippen molar-refractivity contribution < 1.29 is 14.3 Å². The molecule has 0 bridgehead atoms. The molecule has 0 saturated carbocycles. The van der Waals surface area contributed by atoms with Crippen molar-refractivity contribution in [3.8, 4) is 0 Å². The smallest absolute Gasteiger partial charge is 0.257 e. The lowest BCUT2D eigenvalue weighted by atomic mass is 9.89. The lowest BCUT2D eigenvalue weighted by Crippen LogP contribution is -2.50. The maximum Gasteiger partial charge on any atom is 0.257 e. The average Bonchev–Trinajstić information content (AvgIpc) is 3.51. The van der Waals surface area contributed by atoms with E-state index in [2.05, 4.69) is 27.1 Å². The fraction of sp³-hybridized carbons (Fsp3) is 0.391. The first kappa shape index (κ1) is 19.2. The van der Waals surface area contributed by atoms with E-state index in [1.807, 2.05) is 29.2 Å². The zero-order chi connectivity index (χ0) is 21.9. The number of nitrogens with two attached hydrogens (primary N) is 1. The Balaban J connectivity index is 1.23. The number of amides is 2. The molecular weight excluding hydrogens is 408 g/mol. The molecule has 0 radical (unpaired) electrons. The molecule has 2 atom stereocenters. The largest absolute Gasteiger partial charge is 0.365 e. The summed E-state index contributed by atoms with van der Waals surface area (Å²) in [7, 11) is 0. The molecule has 32 heavy (non-hydrogen) atoms. The Hall–Kier alpha value is -3.46. The number of carbonyl (C=O) groups excluding carboxylic acids is 2. The molecule has 2 amide bonds. The number of rotatable bonds is 3. The number of nitrogens with zero attached hydrogens (tertiary/aromatic N) is 5. The molecule has 2 N–H and O–H groups in total. The van der Waals surface area contributed by atoms with E-state index in [-0.39, 0.29) is 18.2 Å². The fourth-order valence-corrected chi connectivity index (χ4v) is 5.47. The standard InChI is InChI=1S/C23H24N6O3/c24-20(30)16-6-8-18(29-21(16)25-14-26-29)27-12-10-23(11-13-27)22(31)28-17(7-9-19(28)32-23)15-4-2-1-3-5-15/h1-6,8,14,17,19H,7,9-13H2,(H2,24,30)/t17-,19+/m0/s1. The quantitative estimate of drug-likeness (QED) is 0.678. The van der Waals surface area contributed by atoms with Crippen LogP contribution in [-0.4, -0.2) is 56.2 Å². The van der Waals surface area contributed by atoms with Gasteiger partial charge < -0.3 is 20.3 Å². The predicted molar refractivity (Wildman–Crippen MR) is 116 cm³/mol. The maximum absolute atomic E-state index is 13.6. The Kier molecular flexibility index (Phi) is 4.23. The minimum Gasteiger partial charge on any atom is -0.365 e. The number of ether oxygens (including phenoxy) is 1.